The number of carbonyl (C=O) groups is 2. The molecule has 1 atom stereocenters. The molecule has 1 aromatic carbocycles. The van der Waals surface area contributed by atoms with Gasteiger partial charge in [-0.05, 0) is 31.4 Å². The van der Waals surface area contributed by atoms with Crippen molar-refractivity contribution in [3.05, 3.63) is 28.7 Å². The number of methoxy groups -OCH3 is 2. The van der Waals surface area contributed by atoms with E-state index in [0.29, 0.717) is 17.9 Å². The summed E-state index contributed by atoms with van der Waals surface area (Å²) in [5.41, 5.74) is 2.24. The van der Waals surface area contributed by atoms with Crippen molar-refractivity contribution in [2.75, 3.05) is 32.2 Å². The average molecular weight is 416 g/mol. The maximum Gasteiger partial charge on any atom is 0.329 e. The van der Waals surface area contributed by atoms with Gasteiger partial charge in [-0.15, -0.1) is 0 Å². The number of piperidine rings is 2. The van der Waals surface area contributed by atoms with Gasteiger partial charge in [0.2, 0.25) is 11.8 Å². The smallest absolute Gasteiger partial charge is 0.329 e. The van der Waals surface area contributed by atoms with Crippen molar-refractivity contribution in [3.8, 4) is 0 Å². The number of fused-ring (bicyclic) bond motifs is 1. The molecule has 162 valence electrons. The lowest BCUT2D eigenvalue weighted by Crippen LogP contribution is -2.44. The number of rotatable bonds is 5. The molecule has 1 unspecified atom stereocenters. The fourth-order valence-electron chi connectivity index (χ4n) is 4.80. The number of nitrogens with one attached hydrogen (secondary N) is 1. The van der Waals surface area contributed by atoms with Crippen LogP contribution in [0.5, 0.6) is 0 Å². The number of hydrogen-bond donors (Lipinski definition) is 1. The number of carbonyl (C=O) groups excluding carboxylic acids is 2. The molecule has 9 heteroatoms. The van der Waals surface area contributed by atoms with Gasteiger partial charge < -0.3 is 14.4 Å². The topological polar surface area (TPSA) is 94.8 Å². The van der Waals surface area contributed by atoms with Gasteiger partial charge in [-0.25, -0.2) is 4.79 Å². The molecule has 0 bridgehead atoms. The number of imidazole rings is 1. The second-order valence-corrected chi connectivity index (χ2v) is 7.99. The Kier molecular flexibility index (Phi) is 5.66. The van der Waals surface area contributed by atoms with Crippen molar-refractivity contribution in [3.63, 3.8) is 0 Å². The Balaban J connectivity index is 1.68. The molecule has 2 aliphatic heterocycles. The van der Waals surface area contributed by atoms with Crippen molar-refractivity contribution in [1.82, 2.24) is 14.5 Å². The molecule has 2 aliphatic rings. The first kappa shape index (κ1) is 20.6. The summed E-state index contributed by atoms with van der Waals surface area (Å²) in [5, 5.41) is 2.35. The number of anilines is 1. The van der Waals surface area contributed by atoms with E-state index in [0.717, 1.165) is 37.1 Å². The van der Waals surface area contributed by atoms with E-state index in [2.05, 4.69) is 10.2 Å². The maximum atomic E-state index is 13.1. The van der Waals surface area contributed by atoms with Crippen LogP contribution >= 0.6 is 0 Å². The number of aromatic nitrogens is 2. The molecule has 0 saturated carbocycles. The zero-order valence-corrected chi connectivity index (χ0v) is 17.6. The highest BCUT2D eigenvalue weighted by Gasteiger charge is 2.33. The first-order chi connectivity index (χ1) is 14.5. The number of ether oxygens (including phenoxy) is 2. The Hall–Kier alpha value is -2.65. The van der Waals surface area contributed by atoms with Crippen molar-refractivity contribution in [1.29, 1.82) is 0 Å². The summed E-state index contributed by atoms with van der Waals surface area (Å²) in [4.78, 5) is 39.3. The number of hydrogen-bond acceptors (Lipinski definition) is 6. The summed E-state index contributed by atoms with van der Waals surface area (Å²) in [6.45, 7) is 1.65. The summed E-state index contributed by atoms with van der Waals surface area (Å²) in [7, 11) is 5.05. The Morgan fingerprint density at radius 3 is 2.40 bits per heavy atom. The normalized spacial score (nSPS) is 20.9. The van der Waals surface area contributed by atoms with Crippen molar-refractivity contribution < 1.29 is 19.1 Å². The molecule has 1 N–H and O–H groups in total. The summed E-state index contributed by atoms with van der Waals surface area (Å²) in [6, 6.07) is 5.12. The number of amides is 2. The fourth-order valence-corrected chi connectivity index (χ4v) is 4.80. The van der Waals surface area contributed by atoms with E-state index in [4.69, 9.17) is 9.47 Å². The minimum absolute atomic E-state index is 0.207. The van der Waals surface area contributed by atoms with Crippen LogP contribution in [-0.2, 0) is 26.1 Å². The third-order valence-corrected chi connectivity index (χ3v) is 6.33. The van der Waals surface area contributed by atoms with Crippen LogP contribution in [0.1, 0.15) is 31.7 Å². The summed E-state index contributed by atoms with van der Waals surface area (Å²) in [5.74, 6) is -0.386. The van der Waals surface area contributed by atoms with Gasteiger partial charge in [0.05, 0.1) is 16.7 Å². The molecular formula is C21H28N4O5. The SMILES string of the molecule is COC(OC)C1CCN(c2cccc3c2n(C)c(=O)n3C2CCC(=O)NC2=O)CC1. The van der Waals surface area contributed by atoms with E-state index in [9.17, 15) is 14.4 Å². The first-order valence-corrected chi connectivity index (χ1v) is 10.3. The largest absolute Gasteiger partial charge is 0.370 e. The lowest BCUT2D eigenvalue weighted by molar-refractivity contribution is -0.141. The third-order valence-electron chi connectivity index (χ3n) is 6.33. The molecular weight excluding hydrogens is 388 g/mol. The second-order valence-electron chi connectivity index (χ2n) is 7.99. The van der Waals surface area contributed by atoms with Gasteiger partial charge in [-0.3, -0.25) is 24.0 Å². The fraction of sp³-hybridized carbons (Fsp3) is 0.571. The number of imide groups is 1. The summed E-state index contributed by atoms with van der Waals surface area (Å²) in [6.07, 6.45) is 2.19. The Morgan fingerprint density at radius 2 is 1.77 bits per heavy atom. The number of para-hydroxylation sites is 1. The highest BCUT2D eigenvalue weighted by atomic mass is 16.7. The molecule has 2 aromatic rings. The molecule has 2 saturated heterocycles. The molecule has 1 aromatic heterocycles. The van der Waals surface area contributed by atoms with Crippen molar-refractivity contribution in [2.45, 2.75) is 38.0 Å². The molecule has 4 rings (SSSR count). The van der Waals surface area contributed by atoms with E-state index < -0.39 is 11.9 Å². The van der Waals surface area contributed by atoms with Crippen molar-refractivity contribution in [2.24, 2.45) is 13.0 Å². The van der Waals surface area contributed by atoms with Crippen LogP contribution < -0.4 is 15.9 Å². The minimum Gasteiger partial charge on any atom is -0.370 e. The number of benzene rings is 1. The highest BCUT2D eigenvalue weighted by Crippen LogP contribution is 2.33. The van der Waals surface area contributed by atoms with Crippen LogP contribution in [0.2, 0.25) is 0 Å². The molecule has 3 heterocycles. The monoisotopic (exact) mass is 416 g/mol. The Bertz CT molecular complexity index is 1010. The van der Waals surface area contributed by atoms with Gasteiger partial charge in [0.1, 0.15) is 6.04 Å². The summed E-state index contributed by atoms with van der Waals surface area (Å²) < 4.78 is 14.0. The van der Waals surface area contributed by atoms with Crippen LogP contribution in [0.3, 0.4) is 0 Å². The van der Waals surface area contributed by atoms with Crippen LogP contribution in [-0.4, -0.2) is 54.5 Å². The third kappa shape index (κ3) is 3.41. The standard InChI is InChI=1S/C21H28N4O5/c1-23-18-14(24-11-9-13(10-12-24)20(29-2)30-3)5-4-6-15(18)25(21(23)28)16-7-8-17(26)22-19(16)27/h4-6,13,16,20H,7-12H2,1-3H3,(H,22,26,27). The summed E-state index contributed by atoms with van der Waals surface area (Å²) >= 11 is 0. The van der Waals surface area contributed by atoms with Gasteiger partial charge in [0.15, 0.2) is 6.29 Å². The first-order valence-electron chi connectivity index (χ1n) is 10.3. The Morgan fingerprint density at radius 1 is 1.07 bits per heavy atom. The van der Waals surface area contributed by atoms with E-state index in [1.54, 1.807) is 25.8 Å². The molecule has 30 heavy (non-hydrogen) atoms. The zero-order valence-electron chi connectivity index (χ0n) is 17.6. The van der Waals surface area contributed by atoms with E-state index >= 15 is 0 Å². The van der Waals surface area contributed by atoms with Crippen LogP contribution in [0.15, 0.2) is 23.0 Å². The average Bonchev–Trinajstić information content (AvgIpc) is 3.00. The van der Waals surface area contributed by atoms with Gasteiger partial charge in [0, 0.05) is 46.7 Å². The highest BCUT2D eigenvalue weighted by molar-refractivity contribution is 6.00. The molecule has 9 nitrogen and oxygen atoms in total. The number of nitrogens with zero attached hydrogens (tertiary/aromatic N) is 3. The Labute approximate surface area is 174 Å². The van der Waals surface area contributed by atoms with E-state index in [1.807, 2.05) is 18.2 Å². The molecule has 0 radical (unpaired) electrons. The van der Waals surface area contributed by atoms with Gasteiger partial charge in [-0.1, -0.05) is 6.07 Å². The number of aryl methyl sites for hydroxylation is 1. The molecule has 2 amide bonds. The van der Waals surface area contributed by atoms with Gasteiger partial charge in [-0.2, -0.15) is 0 Å². The van der Waals surface area contributed by atoms with Crippen LogP contribution in [0.25, 0.3) is 11.0 Å². The predicted molar refractivity (Wildman–Crippen MR) is 111 cm³/mol. The van der Waals surface area contributed by atoms with Crippen LogP contribution in [0.4, 0.5) is 5.69 Å². The lowest BCUT2D eigenvalue weighted by Gasteiger charge is -2.36. The van der Waals surface area contributed by atoms with Crippen molar-refractivity contribution >= 4 is 28.5 Å². The minimum atomic E-state index is -0.677. The van der Waals surface area contributed by atoms with Crippen LogP contribution in [0, 0.1) is 5.92 Å². The molecule has 0 spiro atoms. The zero-order chi connectivity index (χ0) is 21.4. The predicted octanol–water partition coefficient (Wildman–Crippen LogP) is 1.15. The molecule has 2 fully saturated rings. The maximum absolute atomic E-state index is 13.1. The van der Waals surface area contributed by atoms with E-state index in [1.165, 1.54) is 4.57 Å². The molecule has 0 aliphatic carbocycles. The van der Waals surface area contributed by atoms with Gasteiger partial charge >= 0.3 is 5.69 Å². The lowest BCUT2D eigenvalue weighted by atomic mass is 9.95. The van der Waals surface area contributed by atoms with Gasteiger partial charge in [0.25, 0.3) is 0 Å². The quantitative estimate of drug-likeness (QED) is 0.581. The van der Waals surface area contributed by atoms with E-state index in [-0.39, 0.29) is 24.3 Å². The second kappa shape index (κ2) is 8.23.